The molecule has 174 valence electrons. The van der Waals surface area contributed by atoms with Gasteiger partial charge >= 0.3 is 11.9 Å². The zero-order chi connectivity index (χ0) is 23.5. The number of nitrogens with one attached hydrogen (secondary N) is 1. The van der Waals surface area contributed by atoms with Gasteiger partial charge in [-0.05, 0) is 69.7 Å². The van der Waals surface area contributed by atoms with Gasteiger partial charge in [0.25, 0.3) is 5.91 Å². The summed E-state index contributed by atoms with van der Waals surface area (Å²) >= 11 is 1.03. The number of esters is 2. The quantitative estimate of drug-likeness (QED) is 0.514. The smallest absolute Gasteiger partial charge is 0.348 e. The Kier molecular flexibility index (Phi) is 6.78. The zero-order valence-corrected chi connectivity index (χ0v) is 19.8. The van der Waals surface area contributed by atoms with Crippen LogP contribution in [0, 0.1) is 13.8 Å². The normalized spacial score (nSPS) is 14.3. The molecule has 1 aliphatic carbocycles. The number of rotatable bonds is 6. The summed E-state index contributed by atoms with van der Waals surface area (Å²) in [6.07, 6.45) is 8.25. The third-order valence-corrected chi connectivity index (χ3v) is 6.90. The van der Waals surface area contributed by atoms with Crippen LogP contribution in [0.25, 0.3) is 5.65 Å². The van der Waals surface area contributed by atoms with Crippen molar-refractivity contribution in [2.45, 2.75) is 59.0 Å². The highest BCUT2D eigenvalue weighted by Gasteiger charge is 2.29. The Hall–Kier alpha value is -3.20. The average Bonchev–Trinajstić information content (AvgIpc) is 3.35. The number of anilines is 1. The fourth-order valence-corrected chi connectivity index (χ4v) is 5.07. The maximum atomic E-state index is 13.0. The standard InChI is InChI=1S/C24H27N3O5S/c1-4-31-23(29)19-15(3)20(24(30)32-16-8-6-5-7-9-16)33-22(19)26-21(28)17-13-27-11-10-14(2)12-18(27)25-17/h10-13,16H,4-9H2,1-3H3,(H,26,28). The van der Waals surface area contributed by atoms with Crippen molar-refractivity contribution in [3.05, 3.63) is 51.8 Å². The van der Waals surface area contributed by atoms with E-state index in [9.17, 15) is 14.4 Å². The monoisotopic (exact) mass is 469 g/mol. The summed E-state index contributed by atoms with van der Waals surface area (Å²) in [7, 11) is 0. The van der Waals surface area contributed by atoms with E-state index in [1.165, 1.54) is 0 Å². The van der Waals surface area contributed by atoms with Crippen LogP contribution in [0.15, 0.2) is 24.5 Å². The highest BCUT2D eigenvalue weighted by atomic mass is 32.1. The van der Waals surface area contributed by atoms with Crippen molar-refractivity contribution in [3.8, 4) is 0 Å². The van der Waals surface area contributed by atoms with E-state index < -0.39 is 17.8 Å². The molecule has 4 rings (SSSR count). The number of carbonyl (C=O) groups is 3. The van der Waals surface area contributed by atoms with E-state index >= 15 is 0 Å². The van der Waals surface area contributed by atoms with Gasteiger partial charge < -0.3 is 19.2 Å². The van der Waals surface area contributed by atoms with Crippen LogP contribution in [-0.4, -0.2) is 39.9 Å². The molecule has 1 saturated carbocycles. The number of fused-ring (bicyclic) bond motifs is 1. The number of ether oxygens (including phenoxy) is 2. The van der Waals surface area contributed by atoms with Crippen LogP contribution in [0.1, 0.15) is 80.7 Å². The molecular formula is C24H27N3O5S. The predicted octanol–water partition coefficient (Wildman–Crippen LogP) is 4.93. The summed E-state index contributed by atoms with van der Waals surface area (Å²) in [5.41, 5.74) is 2.49. The molecule has 0 unspecified atom stereocenters. The molecule has 3 heterocycles. The Morgan fingerprint density at radius 2 is 1.94 bits per heavy atom. The lowest BCUT2D eigenvalue weighted by molar-refractivity contribution is 0.0216. The van der Waals surface area contributed by atoms with E-state index in [2.05, 4.69) is 10.3 Å². The third kappa shape index (κ3) is 4.93. The molecule has 1 aliphatic rings. The lowest BCUT2D eigenvalue weighted by Crippen LogP contribution is -2.21. The van der Waals surface area contributed by atoms with Crippen LogP contribution in [0.4, 0.5) is 5.00 Å². The summed E-state index contributed by atoms with van der Waals surface area (Å²) in [5.74, 6) is -1.54. The minimum absolute atomic E-state index is 0.113. The minimum Gasteiger partial charge on any atom is -0.462 e. The average molecular weight is 470 g/mol. The SMILES string of the molecule is CCOC(=O)c1c(NC(=O)c2cn3ccc(C)cc3n2)sc(C(=O)OC2CCCCC2)c1C. The molecule has 9 heteroatoms. The van der Waals surface area contributed by atoms with Gasteiger partial charge in [0.2, 0.25) is 0 Å². The number of aromatic nitrogens is 2. The van der Waals surface area contributed by atoms with Gasteiger partial charge in [-0.3, -0.25) is 4.79 Å². The van der Waals surface area contributed by atoms with Crippen LogP contribution < -0.4 is 5.32 Å². The topological polar surface area (TPSA) is 99.0 Å². The molecule has 0 atom stereocenters. The molecule has 33 heavy (non-hydrogen) atoms. The van der Waals surface area contributed by atoms with Crippen molar-refractivity contribution in [2.24, 2.45) is 0 Å². The Morgan fingerprint density at radius 3 is 2.67 bits per heavy atom. The van der Waals surface area contributed by atoms with Crippen molar-refractivity contribution in [1.29, 1.82) is 0 Å². The van der Waals surface area contributed by atoms with Gasteiger partial charge in [0, 0.05) is 12.4 Å². The third-order valence-electron chi connectivity index (χ3n) is 5.71. The summed E-state index contributed by atoms with van der Waals surface area (Å²) in [4.78, 5) is 43.2. The van der Waals surface area contributed by atoms with Gasteiger partial charge in [0.1, 0.15) is 27.3 Å². The number of imidazole rings is 1. The van der Waals surface area contributed by atoms with E-state index in [-0.39, 0.29) is 29.0 Å². The Labute approximate surface area is 195 Å². The van der Waals surface area contributed by atoms with Crippen LogP contribution >= 0.6 is 11.3 Å². The van der Waals surface area contributed by atoms with Crippen molar-refractivity contribution >= 4 is 39.8 Å². The van der Waals surface area contributed by atoms with Crippen LogP contribution in [0.3, 0.4) is 0 Å². The fourth-order valence-electron chi connectivity index (χ4n) is 3.99. The number of hydrogen-bond acceptors (Lipinski definition) is 7. The molecule has 0 aliphatic heterocycles. The molecule has 1 fully saturated rings. The second-order valence-electron chi connectivity index (χ2n) is 8.20. The molecule has 0 radical (unpaired) electrons. The number of thiophene rings is 1. The van der Waals surface area contributed by atoms with Crippen LogP contribution in [-0.2, 0) is 9.47 Å². The van der Waals surface area contributed by atoms with Gasteiger partial charge in [-0.25, -0.2) is 14.6 Å². The molecule has 8 nitrogen and oxygen atoms in total. The molecular weight excluding hydrogens is 442 g/mol. The lowest BCUT2D eigenvalue weighted by Gasteiger charge is -2.21. The van der Waals surface area contributed by atoms with Gasteiger partial charge in [-0.1, -0.05) is 6.42 Å². The minimum atomic E-state index is -0.594. The van der Waals surface area contributed by atoms with Crippen molar-refractivity contribution in [1.82, 2.24) is 9.38 Å². The first-order valence-electron chi connectivity index (χ1n) is 11.2. The largest absolute Gasteiger partial charge is 0.462 e. The van der Waals surface area contributed by atoms with E-state index in [4.69, 9.17) is 9.47 Å². The van der Waals surface area contributed by atoms with Crippen molar-refractivity contribution in [2.75, 3.05) is 11.9 Å². The lowest BCUT2D eigenvalue weighted by atomic mass is 9.98. The summed E-state index contributed by atoms with van der Waals surface area (Å²) in [6.45, 7) is 5.50. The number of aryl methyl sites for hydroxylation is 1. The first-order chi connectivity index (χ1) is 15.9. The Morgan fingerprint density at radius 1 is 1.18 bits per heavy atom. The van der Waals surface area contributed by atoms with Crippen molar-refractivity contribution in [3.63, 3.8) is 0 Å². The number of amides is 1. The number of pyridine rings is 1. The van der Waals surface area contributed by atoms with Gasteiger partial charge in [0.15, 0.2) is 0 Å². The second-order valence-corrected chi connectivity index (χ2v) is 9.22. The summed E-state index contributed by atoms with van der Waals surface area (Å²) < 4.78 is 12.6. The molecule has 0 bridgehead atoms. The van der Waals surface area contributed by atoms with Gasteiger partial charge in [0.05, 0.1) is 12.2 Å². The molecule has 0 spiro atoms. The zero-order valence-electron chi connectivity index (χ0n) is 19.0. The number of carbonyl (C=O) groups excluding carboxylic acids is 3. The van der Waals surface area contributed by atoms with Gasteiger partial charge in [-0.15, -0.1) is 11.3 Å². The molecule has 0 aromatic carbocycles. The summed E-state index contributed by atoms with van der Waals surface area (Å²) in [6, 6.07) is 3.79. The Balaban J connectivity index is 1.62. The maximum absolute atomic E-state index is 13.0. The van der Waals surface area contributed by atoms with Gasteiger partial charge in [-0.2, -0.15) is 0 Å². The first-order valence-corrected chi connectivity index (χ1v) is 12.0. The Bertz CT molecular complexity index is 1210. The highest BCUT2D eigenvalue weighted by Crippen LogP contribution is 2.35. The summed E-state index contributed by atoms with van der Waals surface area (Å²) in [5, 5.41) is 3.01. The highest BCUT2D eigenvalue weighted by molar-refractivity contribution is 7.18. The van der Waals surface area contributed by atoms with E-state index in [1.807, 2.05) is 25.3 Å². The molecule has 1 amide bonds. The molecule has 0 saturated heterocycles. The number of nitrogens with zero attached hydrogens (tertiary/aromatic N) is 2. The van der Waals surface area contributed by atoms with E-state index in [0.717, 1.165) is 49.0 Å². The first kappa shape index (κ1) is 23.0. The van der Waals surface area contributed by atoms with E-state index in [1.54, 1.807) is 24.4 Å². The second kappa shape index (κ2) is 9.74. The fraction of sp³-hybridized carbons (Fsp3) is 0.417. The van der Waals surface area contributed by atoms with Crippen LogP contribution in [0.2, 0.25) is 0 Å². The van der Waals surface area contributed by atoms with E-state index in [0.29, 0.717) is 16.1 Å². The predicted molar refractivity (Wildman–Crippen MR) is 125 cm³/mol. The molecule has 1 N–H and O–H groups in total. The van der Waals surface area contributed by atoms with Crippen molar-refractivity contribution < 1.29 is 23.9 Å². The maximum Gasteiger partial charge on any atom is 0.348 e. The molecule has 3 aromatic heterocycles. The number of hydrogen-bond donors (Lipinski definition) is 1. The molecule has 3 aromatic rings. The van der Waals surface area contributed by atoms with Crippen LogP contribution in [0.5, 0.6) is 0 Å².